The zero-order valence-corrected chi connectivity index (χ0v) is 11.1. The highest BCUT2D eigenvalue weighted by Crippen LogP contribution is 2.14. The molecule has 1 aromatic heterocycles. The summed E-state index contributed by atoms with van der Waals surface area (Å²) >= 11 is 0. The van der Waals surface area contributed by atoms with E-state index in [9.17, 15) is 4.79 Å². The van der Waals surface area contributed by atoms with Gasteiger partial charge in [-0.05, 0) is 23.6 Å². The summed E-state index contributed by atoms with van der Waals surface area (Å²) in [6, 6.07) is 15.2. The number of nitrogens with zero attached hydrogens (tertiary/aromatic N) is 2. The van der Waals surface area contributed by atoms with Gasteiger partial charge in [0.25, 0.3) is 5.56 Å². The fourth-order valence-corrected chi connectivity index (χ4v) is 2.11. The van der Waals surface area contributed by atoms with E-state index in [1.807, 2.05) is 56.3 Å². The summed E-state index contributed by atoms with van der Waals surface area (Å²) in [5.74, 6) is 0.240. The molecule has 0 aliphatic carbocycles. The maximum Gasteiger partial charge on any atom is 0.268 e. The van der Waals surface area contributed by atoms with Crippen molar-refractivity contribution in [2.24, 2.45) is 0 Å². The molecular weight excluding hydrogens is 236 g/mol. The minimum Gasteiger partial charge on any atom is -0.307 e. The van der Waals surface area contributed by atoms with Gasteiger partial charge in [-0.2, -0.15) is 5.26 Å². The van der Waals surface area contributed by atoms with Crippen molar-refractivity contribution in [3.63, 3.8) is 0 Å². The van der Waals surface area contributed by atoms with Crippen molar-refractivity contribution in [1.82, 2.24) is 4.57 Å². The van der Waals surface area contributed by atoms with Crippen LogP contribution in [-0.2, 0) is 6.54 Å². The molecule has 0 N–H and O–H groups in total. The highest BCUT2D eigenvalue weighted by molar-refractivity contribution is 5.29. The number of aromatic nitrogens is 1. The first-order valence-electron chi connectivity index (χ1n) is 6.31. The third-order valence-corrected chi connectivity index (χ3v) is 3.10. The zero-order valence-electron chi connectivity index (χ0n) is 11.1. The van der Waals surface area contributed by atoms with Crippen molar-refractivity contribution in [3.8, 4) is 6.07 Å². The van der Waals surface area contributed by atoms with Crippen molar-refractivity contribution in [3.05, 3.63) is 69.6 Å². The molecule has 0 saturated carbocycles. The second kappa shape index (κ2) is 5.53. The second-order valence-corrected chi connectivity index (χ2v) is 4.82. The molecule has 0 radical (unpaired) electrons. The molecule has 3 heteroatoms. The van der Waals surface area contributed by atoms with Gasteiger partial charge in [0.2, 0.25) is 0 Å². The third kappa shape index (κ3) is 2.74. The molecule has 3 nitrogen and oxygen atoms in total. The van der Waals surface area contributed by atoms with Gasteiger partial charge in [-0.15, -0.1) is 0 Å². The van der Waals surface area contributed by atoms with E-state index in [0.29, 0.717) is 6.54 Å². The summed E-state index contributed by atoms with van der Waals surface area (Å²) in [7, 11) is 0. The van der Waals surface area contributed by atoms with E-state index in [0.717, 1.165) is 11.3 Å². The number of nitriles is 1. The minimum atomic E-state index is -0.211. The second-order valence-electron chi connectivity index (χ2n) is 4.82. The van der Waals surface area contributed by atoms with Crippen molar-refractivity contribution >= 4 is 0 Å². The van der Waals surface area contributed by atoms with Gasteiger partial charge in [0.05, 0.1) is 6.54 Å². The Balaban J connectivity index is 2.54. The van der Waals surface area contributed by atoms with E-state index in [1.165, 1.54) is 0 Å². The molecule has 2 rings (SSSR count). The van der Waals surface area contributed by atoms with Crippen LogP contribution < -0.4 is 5.56 Å². The highest BCUT2D eigenvalue weighted by Gasteiger charge is 2.11. The SMILES string of the molecule is CC(C)c1ccc(C#N)c(=O)n1Cc1ccccc1. The molecule has 0 fully saturated rings. The van der Waals surface area contributed by atoms with Crippen molar-refractivity contribution in [1.29, 1.82) is 5.26 Å². The molecule has 19 heavy (non-hydrogen) atoms. The average Bonchev–Trinajstić information content (AvgIpc) is 2.42. The maximum absolute atomic E-state index is 12.3. The van der Waals surface area contributed by atoms with Crippen LogP contribution in [0.5, 0.6) is 0 Å². The number of pyridine rings is 1. The third-order valence-electron chi connectivity index (χ3n) is 3.10. The lowest BCUT2D eigenvalue weighted by Crippen LogP contribution is -2.26. The molecule has 96 valence electrons. The summed E-state index contributed by atoms with van der Waals surface area (Å²) in [6.45, 7) is 4.59. The van der Waals surface area contributed by atoms with Crippen LogP contribution in [0, 0.1) is 11.3 Å². The fraction of sp³-hybridized carbons (Fsp3) is 0.250. The molecule has 0 atom stereocenters. The van der Waals surface area contributed by atoms with E-state index < -0.39 is 0 Å². The van der Waals surface area contributed by atoms with Gasteiger partial charge in [-0.3, -0.25) is 4.79 Å². The van der Waals surface area contributed by atoms with Crippen LogP contribution in [0.4, 0.5) is 0 Å². The van der Waals surface area contributed by atoms with E-state index >= 15 is 0 Å². The number of hydrogen-bond acceptors (Lipinski definition) is 2. The number of rotatable bonds is 3. The topological polar surface area (TPSA) is 45.8 Å². The molecule has 1 aromatic carbocycles. The van der Waals surface area contributed by atoms with Crippen LogP contribution in [0.2, 0.25) is 0 Å². The predicted molar refractivity (Wildman–Crippen MR) is 75.1 cm³/mol. The van der Waals surface area contributed by atoms with Crippen LogP contribution in [0.1, 0.15) is 36.6 Å². The first kappa shape index (κ1) is 13.1. The summed E-state index contributed by atoms with van der Waals surface area (Å²) in [4.78, 5) is 12.3. The largest absolute Gasteiger partial charge is 0.307 e. The van der Waals surface area contributed by atoms with Crippen LogP contribution in [0.3, 0.4) is 0 Å². The molecule has 0 amide bonds. The summed E-state index contributed by atoms with van der Waals surface area (Å²) in [6.07, 6.45) is 0. The van der Waals surface area contributed by atoms with Crippen LogP contribution in [0.25, 0.3) is 0 Å². The summed E-state index contributed by atoms with van der Waals surface area (Å²) in [5, 5.41) is 8.98. The Labute approximate surface area is 112 Å². The van der Waals surface area contributed by atoms with Gasteiger partial charge >= 0.3 is 0 Å². The minimum absolute atomic E-state index is 0.195. The average molecular weight is 252 g/mol. The quantitative estimate of drug-likeness (QED) is 0.843. The molecule has 0 aliphatic rings. The Morgan fingerprint density at radius 3 is 2.42 bits per heavy atom. The lowest BCUT2D eigenvalue weighted by Gasteiger charge is -2.16. The monoisotopic (exact) mass is 252 g/mol. The van der Waals surface area contributed by atoms with Crippen LogP contribution in [0.15, 0.2) is 47.3 Å². The number of benzene rings is 1. The van der Waals surface area contributed by atoms with Crippen molar-refractivity contribution < 1.29 is 0 Å². The molecular formula is C16H16N2O. The normalized spacial score (nSPS) is 10.4. The lowest BCUT2D eigenvalue weighted by molar-refractivity contribution is 0.657. The van der Waals surface area contributed by atoms with Crippen LogP contribution in [-0.4, -0.2) is 4.57 Å². The maximum atomic E-state index is 12.3. The first-order chi connectivity index (χ1) is 9.13. The van der Waals surface area contributed by atoms with E-state index in [-0.39, 0.29) is 17.0 Å². The molecule has 1 heterocycles. The Morgan fingerprint density at radius 2 is 1.84 bits per heavy atom. The molecule has 0 aliphatic heterocycles. The Morgan fingerprint density at radius 1 is 1.16 bits per heavy atom. The van der Waals surface area contributed by atoms with Gasteiger partial charge in [-0.1, -0.05) is 44.2 Å². The Hall–Kier alpha value is -2.34. The van der Waals surface area contributed by atoms with Crippen molar-refractivity contribution in [2.45, 2.75) is 26.3 Å². The van der Waals surface area contributed by atoms with E-state index in [2.05, 4.69) is 0 Å². The highest BCUT2D eigenvalue weighted by atomic mass is 16.1. The Bertz CT molecular complexity index is 663. The van der Waals surface area contributed by atoms with Crippen molar-refractivity contribution in [2.75, 3.05) is 0 Å². The first-order valence-corrected chi connectivity index (χ1v) is 6.31. The molecule has 0 saturated heterocycles. The standard InChI is InChI=1S/C16H16N2O/c1-12(2)15-9-8-14(10-17)16(19)18(15)11-13-6-4-3-5-7-13/h3-9,12H,11H2,1-2H3. The van der Waals surface area contributed by atoms with E-state index in [4.69, 9.17) is 5.26 Å². The van der Waals surface area contributed by atoms with E-state index in [1.54, 1.807) is 10.6 Å². The lowest BCUT2D eigenvalue weighted by atomic mass is 10.1. The van der Waals surface area contributed by atoms with Gasteiger partial charge in [0, 0.05) is 5.69 Å². The smallest absolute Gasteiger partial charge is 0.268 e. The molecule has 0 bridgehead atoms. The van der Waals surface area contributed by atoms with Crippen LogP contribution >= 0.6 is 0 Å². The summed E-state index contributed by atoms with van der Waals surface area (Å²) < 4.78 is 1.69. The van der Waals surface area contributed by atoms with Gasteiger partial charge in [0.15, 0.2) is 0 Å². The van der Waals surface area contributed by atoms with Gasteiger partial charge in [-0.25, -0.2) is 0 Å². The predicted octanol–water partition coefficient (Wildman–Crippen LogP) is 2.89. The molecule has 0 spiro atoms. The zero-order chi connectivity index (χ0) is 13.8. The summed E-state index contributed by atoms with van der Waals surface area (Å²) in [5.41, 5.74) is 1.99. The molecule has 2 aromatic rings. The fourth-order valence-electron chi connectivity index (χ4n) is 2.11. The molecule has 0 unspecified atom stereocenters. The Kier molecular flexibility index (Phi) is 3.82. The van der Waals surface area contributed by atoms with Gasteiger partial charge in [0.1, 0.15) is 11.6 Å². The number of hydrogen-bond donors (Lipinski definition) is 0. The van der Waals surface area contributed by atoms with Gasteiger partial charge < -0.3 is 4.57 Å².